The second-order valence-electron chi connectivity index (χ2n) is 12.8. The van der Waals surface area contributed by atoms with E-state index in [1.54, 1.807) is 0 Å². The minimum absolute atomic E-state index is 0.704. The molecule has 8 aromatic carbocycles. The molecule has 0 radical (unpaired) electrons. The van der Waals surface area contributed by atoms with E-state index in [4.69, 9.17) is 9.97 Å². The van der Waals surface area contributed by atoms with Gasteiger partial charge in [0, 0.05) is 28.3 Å². The molecule has 0 aliphatic rings. The van der Waals surface area contributed by atoms with Gasteiger partial charge in [0.15, 0.2) is 5.82 Å². The molecule has 2 heterocycles. The van der Waals surface area contributed by atoms with E-state index in [1.807, 2.05) is 30.5 Å². The van der Waals surface area contributed by atoms with Crippen molar-refractivity contribution in [3.63, 3.8) is 0 Å². The zero-order chi connectivity index (χ0) is 33.0. The van der Waals surface area contributed by atoms with Crippen molar-refractivity contribution in [3.05, 3.63) is 176 Å². The third-order valence-electron chi connectivity index (χ3n) is 9.92. The van der Waals surface area contributed by atoms with Gasteiger partial charge in [-0.1, -0.05) is 146 Å². The molecule has 0 unspecified atom stereocenters. The van der Waals surface area contributed by atoms with E-state index in [1.165, 1.54) is 43.1 Å². The largest absolute Gasteiger partial charge is 0.256 e. The predicted octanol–water partition coefficient (Wildman–Crippen LogP) is 12.3. The number of aromatic nitrogens is 3. The molecular formula is C47H29N3. The molecule has 0 aliphatic carbocycles. The van der Waals surface area contributed by atoms with Gasteiger partial charge < -0.3 is 0 Å². The number of hydrogen-bond acceptors (Lipinski definition) is 3. The summed E-state index contributed by atoms with van der Waals surface area (Å²) in [6.07, 6.45) is 1.88. The van der Waals surface area contributed by atoms with E-state index in [0.717, 1.165) is 50.1 Å². The van der Waals surface area contributed by atoms with E-state index in [9.17, 15) is 0 Å². The molecule has 0 saturated heterocycles. The lowest BCUT2D eigenvalue weighted by Gasteiger charge is -2.16. The fourth-order valence-corrected chi connectivity index (χ4v) is 7.60. The third kappa shape index (κ3) is 4.56. The van der Waals surface area contributed by atoms with Crippen LogP contribution in [0, 0.1) is 0 Å². The minimum Gasteiger partial charge on any atom is -0.256 e. The number of benzene rings is 8. The second kappa shape index (κ2) is 11.5. The highest BCUT2D eigenvalue weighted by atomic mass is 14.9. The minimum atomic E-state index is 0.704. The molecule has 10 rings (SSSR count). The summed E-state index contributed by atoms with van der Waals surface area (Å²) in [7, 11) is 0. The van der Waals surface area contributed by atoms with Crippen LogP contribution < -0.4 is 0 Å². The van der Waals surface area contributed by atoms with Crippen LogP contribution in [0.4, 0.5) is 0 Å². The first-order valence-electron chi connectivity index (χ1n) is 16.9. The molecule has 0 N–H and O–H groups in total. The van der Waals surface area contributed by atoms with E-state index in [2.05, 4.69) is 151 Å². The van der Waals surface area contributed by atoms with Gasteiger partial charge in [0.05, 0.1) is 16.9 Å². The van der Waals surface area contributed by atoms with Gasteiger partial charge in [-0.3, -0.25) is 4.98 Å². The number of hydrogen-bond donors (Lipinski definition) is 0. The summed E-state index contributed by atoms with van der Waals surface area (Å²) in [5, 5.41) is 11.1. The average Bonchev–Trinajstić information content (AvgIpc) is 3.20. The van der Waals surface area contributed by atoms with Gasteiger partial charge in [0.2, 0.25) is 0 Å². The molecule has 0 atom stereocenters. The Balaban J connectivity index is 1.22. The number of nitrogens with zero attached hydrogens (tertiary/aromatic N) is 3. The first-order valence-corrected chi connectivity index (χ1v) is 16.9. The molecule has 3 heteroatoms. The number of para-hydroxylation sites is 1. The van der Waals surface area contributed by atoms with Crippen molar-refractivity contribution >= 4 is 54.0 Å². The molecule has 0 aliphatic heterocycles. The third-order valence-corrected chi connectivity index (χ3v) is 9.92. The number of fused-ring (bicyclic) bond motifs is 9. The summed E-state index contributed by atoms with van der Waals surface area (Å²) in [5.41, 5.74) is 8.19. The van der Waals surface area contributed by atoms with Crippen molar-refractivity contribution in [3.8, 4) is 45.0 Å². The van der Waals surface area contributed by atoms with E-state index >= 15 is 0 Å². The van der Waals surface area contributed by atoms with Gasteiger partial charge in [-0.05, 0) is 78.5 Å². The van der Waals surface area contributed by atoms with Crippen molar-refractivity contribution in [2.24, 2.45) is 0 Å². The Bertz CT molecular complexity index is 2910. The van der Waals surface area contributed by atoms with Crippen LogP contribution in [-0.4, -0.2) is 15.0 Å². The zero-order valence-corrected chi connectivity index (χ0v) is 27.1. The summed E-state index contributed by atoms with van der Waals surface area (Å²) in [6, 6.07) is 60.2. The maximum absolute atomic E-state index is 5.28. The van der Waals surface area contributed by atoms with Gasteiger partial charge in [-0.25, -0.2) is 9.97 Å². The van der Waals surface area contributed by atoms with Gasteiger partial charge in [-0.2, -0.15) is 0 Å². The smallest absolute Gasteiger partial charge is 0.160 e. The monoisotopic (exact) mass is 635 g/mol. The zero-order valence-electron chi connectivity index (χ0n) is 27.1. The van der Waals surface area contributed by atoms with Crippen LogP contribution in [0.1, 0.15) is 0 Å². The van der Waals surface area contributed by atoms with Gasteiger partial charge in [-0.15, -0.1) is 0 Å². The van der Waals surface area contributed by atoms with Crippen molar-refractivity contribution < 1.29 is 0 Å². The van der Waals surface area contributed by atoms with Crippen molar-refractivity contribution in [2.75, 3.05) is 0 Å². The highest BCUT2D eigenvalue weighted by molar-refractivity contribution is 6.33. The lowest BCUT2D eigenvalue weighted by atomic mass is 9.88. The van der Waals surface area contributed by atoms with Crippen LogP contribution in [0.25, 0.3) is 99.0 Å². The summed E-state index contributed by atoms with van der Waals surface area (Å²) in [5.74, 6) is 0.704. The van der Waals surface area contributed by atoms with E-state index < -0.39 is 0 Å². The van der Waals surface area contributed by atoms with E-state index in [0.29, 0.717) is 5.82 Å². The van der Waals surface area contributed by atoms with Crippen LogP contribution in [0.2, 0.25) is 0 Å². The Kier molecular flexibility index (Phi) is 6.49. The highest BCUT2D eigenvalue weighted by Gasteiger charge is 2.18. The molecule has 3 nitrogen and oxygen atoms in total. The first-order chi connectivity index (χ1) is 24.8. The predicted molar refractivity (Wildman–Crippen MR) is 209 cm³/mol. The van der Waals surface area contributed by atoms with Crippen molar-refractivity contribution in [2.45, 2.75) is 0 Å². The lowest BCUT2D eigenvalue weighted by Crippen LogP contribution is -1.97. The van der Waals surface area contributed by atoms with Crippen LogP contribution in [0.15, 0.2) is 176 Å². The van der Waals surface area contributed by atoms with Crippen molar-refractivity contribution in [1.29, 1.82) is 0 Å². The Hall–Kier alpha value is -6.71. The molecule has 0 spiro atoms. The molecule has 50 heavy (non-hydrogen) atoms. The number of rotatable bonds is 4. The standard InChI is InChI=1S/C47H29N3/c1-2-12-32(13-3-1)47-49-44(31-24-22-30(23-25-31)33-26-27-48-43-21-11-10-18-38(33)43)29-45(50-47)41-28-42-36-16-5-4-14-34(36)35-15-6-8-19-39(35)46(42)40-20-9-7-17-37(40)41/h1-29H. The molecule has 2 aromatic heterocycles. The molecule has 0 bridgehead atoms. The molecule has 0 saturated carbocycles. The van der Waals surface area contributed by atoms with Crippen LogP contribution in [0.5, 0.6) is 0 Å². The van der Waals surface area contributed by atoms with Crippen LogP contribution in [-0.2, 0) is 0 Å². The Labute approximate surface area is 289 Å². The Morgan fingerprint density at radius 3 is 1.60 bits per heavy atom. The van der Waals surface area contributed by atoms with Crippen LogP contribution in [0.3, 0.4) is 0 Å². The fraction of sp³-hybridized carbons (Fsp3) is 0. The SMILES string of the molecule is c1ccc(-c2nc(-c3ccc(-c4ccnc5ccccc45)cc3)cc(-c3cc4c5ccccc5c5ccccc5c4c4ccccc34)n2)cc1. The maximum Gasteiger partial charge on any atom is 0.160 e. The summed E-state index contributed by atoms with van der Waals surface area (Å²) < 4.78 is 0. The van der Waals surface area contributed by atoms with Gasteiger partial charge in [0.1, 0.15) is 0 Å². The molecule has 0 fully saturated rings. The normalized spacial score (nSPS) is 11.6. The first kappa shape index (κ1) is 28.3. The summed E-state index contributed by atoms with van der Waals surface area (Å²) in [6.45, 7) is 0. The average molecular weight is 636 g/mol. The quantitative estimate of drug-likeness (QED) is 0.181. The molecular weight excluding hydrogens is 607 g/mol. The highest BCUT2D eigenvalue weighted by Crippen LogP contribution is 2.43. The molecule has 10 aromatic rings. The second-order valence-corrected chi connectivity index (χ2v) is 12.8. The van der Waals surface area contributed by atoms with E-state index in [-0.39, 0.29) is 0 Å². The molecule has 0 amide bonds. The van der Waals surface area contributed by atoms with Gasteiger partial charge in [0.25, 0.3) is 0 Å². The van der Waals surface area contributed by atoms with Crippen molar-refractivity contribution in [1.82, 2.24) is 15.0 Å². The Morgan fingerprint density at radius 2 is 0.860 bits per heavy atom. The fourth-order valence-electron chi connectivity index (χ4n) is 7.60. The summed E-state index contributed by atoms with van der Waals surface area (Å²) in [4.78, 5) is 15.0. The Morgan fingerprint density at radius 1 is 0.320 bits per heavy atom. The lowest BCUT2D eigenvalue weighted by molar-refractivity contribution is 1.19. The summed E-state index contributed by atoms with van der Waals surface area (Å²) >= 11 is 0. The molecule has 232 valence electrons. The van der Waals surface area contributed by atoms with Crippen LogP contribution >= 0.6 is 0 Å². The maximum atomic E-state index is 5.28. The van der Waals surface area contributed by atoms with Gasteiger partial charge >= 0.3 is 0 Å². The topological polar surface area (TPSA) is 38.7 Å². The number of pyridine rings is 1.